The van der Waals surface area contributed by atoms with Crippen LogP contribution in [0.4, 0.5) is 13.2 Å². The third-order valence-electron chi connectivity index (χ3n) is 1.96. The smallest absolute Gasteiger partial charge is 0.289 e. The number of nitrogens with two attached hydrogens (primary N) is 1. The zero-order valence-corrected chi connectivity index (χ0v) is 9.53. The first-order valence-electron chi connectivity index (χ1n) is 4.07. The molecule has 0 bridgehead atoms. The first-order chi connectivity index (χ1) is 6.88. The molecule has 0 aliphatic heterocycles. The Morgan fingerprint density at radius 3 is 2.50 bits per heavy atom. The van der Waals surface area contributed by atoms with Gasteiger partial charge in [0.05, 0.1) is 6.04 Å². The highest BCUT2D eigenvalue weighted by atomic mass is 35.5. The van der Waals surface area contributed by atoms with E-state index in [1.54, 1.807) is 0 Å². The Labute approximate surface area is 102 Å². The summed E-state index contributed by atoms with van der Waals surface area (Å²) in [6.07, 6.45) is 0. The quantitative estimate of drug-likeness (QED) is 0.891. The van der Waals surface area contributed by atoms with Crippen molar-refractivity contribution in [2.24, 2.45) is 5.73 Å². The zero-order chi connectivity index (χ0) is 11.6. The van der Waals surface area contributed by atoms with Crippen molar-refractivity contribution in [2.75, 3.05) is 6.61 Å². The average Bonchev–Trinajstić information content (AvgIpc) is 2.20. The van der Waals surface area contributed by atoms with Crippen molar-refractivity contribution in [3.63, 3.8) is 0 Å². The van der Waals surface area contributed by atoms with Gasteiger partial charge in [0.25, 0.3) is 5.92 Å². The second-order valence-electron chi connectivity index (χ2n) is 3.06. The number of aliphatic hydroxyl groups is 1. The van der Waals surface area contributed by atoms with Gasteiger partial charge in [0.15, 0.2) is 0 Å². The molecule has 16 heavy (non-hydrogen) atoms. The van der Waals surface area contributed by atoms with Gasteiger partial charge in [-0.1, -0.05) is 11.6 Å². The topological polar surface area (TPSA) is 46.2 Å². The van der Waals surface area contributed by atoms with Crippen LogP contribution in [0.5, 0.6) is 0 Å². The number of aliphatic hydroxyl groups excluding tert-OH is 1. The Morgan fingerprint density at radius 2 is 2.00 bits per heavy atom. The molecule has 92 valence electrons. The van der Waals surface area contributed by atoms with Crippen LogP contribution in [0, 0.1) is 5.82 Å². The lowest BCUT2D eigenvalue weighted by Gasteiger charge is -2.22. The van der Waals surface area contributed by atoms with E-state index in [4.69, 9.17) is 22.4 Å². The van der Waals surface area contributed by atoms with Gasteiger partial charge in [-0.25, -0.2) is 13.2 Å². The molecular weight excluding hydrogens is 266 g/mol. The normalized spacial score (nSPS) is 13.1. The van der Waals surface area contributed by atoms with Gasteiger partial charge in [0.2, 0.25) is 0 Å². The Hall–Kier alpha value is -0.490. The van der Waals surface area contributed by atoms with Gasteiger partial charge in [-0.15, -0.1) is 12.4 Å². The van der Waals surface area contributed by atoms with Crippen LogP contribution in [-0.4, -0.2) is 17.6 Å². The number of benzene rings is 1. The van der Waals surface area contributed by atoms with Crippen LogP contribution in [0.25, 0.3) is 0 Å². The minimum Gasteiger partial charge on any atom is -0.390 e. The molecular formula is C9H10Cl2F3NO. The molecule has 1 aromatic rings. The second kappa shape index (κ2) is 5.72. The van der Waals surface area contributed by atoms with Crippen molar-refractivity contribution in [2.45, 2.75) is 12.0 Å². The van der Waals surface area contributed by atoms with Crippen molar-refractivity contribution in [3.05, 3.63) is 34.6 Å². The summed E-state index contributed by atoms with van der Waals surface area (Å²) < 4.78 is 38.8. The Balaban J connectivity index is 0.00000225. The highest BCUT2D eigenvalue weighted by Crippen LogP contribution is 2.33. The number of rotatable bonds is 3. The van der Waals surface area contributed by atoms with E-state index in [-0.39, 0.29) is 23.0 Å². The van der Waals surface area contributed by atoms with Crippen LogP contribution in [0.15, 0.2) is 18.2 Å². The van der Waals surface area contributed by atoms with Crippen molar-refractivity contribution in [1.82, 2.24) is 0 Å². The summed E-state index contributed by atoms with van der Waals surface area (Å²) in [5.41, 5.74) is 4.97. The molecule has 1 atom stereocenters. The van der Waals surface area contributed by atoms with E-state index in [0.717, 1.165) is 18.2 Å². The Morgan fingerprint density at radius 1 is 1.44 bits per heavy atom. The zero-order valence-electron chi connectivity index (χ0n) is 7.96. The lowest BCUT2D eigenvalue weighted by molar-refractivity contribution is -0.0712. The lowest BCUT2D eigenvalue weighted by atomic mass is 10.0. The maximum atomic E-state index is 13.0. The monoisotopic (exact) mass is 275 g/mol. The summed E-state index contributed by atoms with van der Waals surface area (Å²) in [6, 6.07) is 1.18. The summed E-state index contributed by atoms with van der Waals surface area (Å²) >= 11 is 5.59. The molecule has 7 heteroatoms. The third kappa shape index (κ3) is 3.25. The number of halogens is 5. The Bertz CT molecular complexity index is 363. The van der Waals surface area contributed by atoms with Crippen LogP contribution in [0.3, 0.4) is 0 Å². The van der Waals surface area contributed by atoms with Gasteiger partial charge in [0, 0.05) is 5.02 Å². The van der Waals surface area contributed by atoms with E-state index in [9.17, 15) is 13.2 Å². The molecule has 0 saturated carbocycles. The molecule has 0 heterocycles. The summed E-state index contributed by atoms with van der Waals surface area (Å²) in [4.78, 5) is 0. The predicted molar refractivity (Wildman–Crippen MR) is 57.6 cm³/mol. The maximum Gasteiger partial charge on any atom is 0.289 e. The minimum atomic E-state index is -3.53. The fourth-order valence-corrected chi connectivity index (χ4v) is 1.31. The molecule has 0 saturated heterocycles. The van der Waals surface area contributed by atoms with Crippen molar-refractivity contribution < 1.29 is 18.3 Å². The first-order valence-corrected chi connectivity index (χ1v) is 4.45. The largest absolute Gasteiger partial charge is 0.390 e. The van der Waals surface area contributed by atoms with Gasteiger partial charge < -0.3 is 10.8 Å². The van der Waals surface area contributed by atoms with E-state index in [2.05, 4.69) is 0 Å². The molecule has 3 N–H and O–H groups in total. The lowest BCUT2D eigenvalue weighted by Crippen LogP contribution is -2.36. The fourth-order valence-electron chi connectivity index (χ4n) is 1.08. The van der Waals surface area contributed by atoms with Crippen LogP contribution in [0.2, 0.25) is 5.02 Å². The molecule has 1 aromatic carbocycles. The van der Waals surface area contributed by atoms with Crippen LogP contribution >= 0.6 is 24.0 Å². The molecule has 0 unspecified atom stereocenters. The van der Waals surface area contributed by atoms with E-state index in [0.29, 0.717) is 0 Å². The van der Waals surface area contributed by atoms with E-state index < -0.39 is 24.4 Å². The molecule has 0 aliphatic rings. The third-order valence-corrected chi connectivity index (χ3v) is 2.30. The number of alkyl halides is 2. The van der Waals surface area contributed by atoms with Gasteiger partial charge in [0.1, 0.15) is 12.4 Å². The molecule has 1 rings (SSSR count). The summed E-state index contributed by atoms with van der Waals surface area (Å²) in [7, 11) is 0. The van der Waals surface area contributed by atoms with Gasteiger partial charge in [-0.3, -0.25) is 0 Å². The van der Waals surface area contributed by atoms with Crippen molar-refractivity contribution in [1.29, 1.82) is 0 Å². The number of hydrogen-bond donors (Lipinski definition) is 2. The second-order valence-corrected chi connectivity index (χ2v) is 3.47. The standard InChI is InChI=1S/C9H9ClF3NO.ClH/c10-7-2-1-5(11)3-6(7)8(14)9(12,13)4-15;/h1-3,8,15H,4,14H2;1H/t8-;/m1./s1. The average molecular weight is 276 g/mol. The molecule has 2 nitrogen and oxygen atoms in total. The molecule has 0 fully saturated rings. The SMILES string of the molecule is Cl.N[C@H](c1cc(F)ccc1Cl)C(F)(F)CO. The summed E-state index contributed by atoms with van der Waals surface area (Å²) in [5, 5.41) is 8.36. The van der Waals surface area contributed by atoms with Crippen molar-refractivity contribution in [3.8, 4) is 0 Å². The van der Waals surface area contributed by atoms with Crippen LogP contribution in [0.1, 0.15) is 11.6 Å². The fraction of sp³-hybridized carbons (Fsp3) is 0.333. The molecule has 0 radical (unpaired) electrons. The highest BCUT2D eigenvalue weighted by molar-refractivity contribution is 6.31. The van der Waals surface area contributed by atoms with Crippen LogP contribution < -0.4 is 5.73 Å². The molecule has 0 spiro atoms. The van der Waals surface area contributed by atoms with Gasteiger partial charge in [-0.05, 0) is 23.8 Å². The molecule has 0 aromatic heterocycles. The minimum absolute atomic E-state index is 0. The van der Waals surface area contributed by atoms with E-state index in [1.807, 2.05) is 0 Å². The molecule has 0 aliphatic carbocycles. The van der Waals surface area contributed by atoms with E-state index >= 15 is 0 Å². The van der Waals surface area contributed by atoms with E-state index in [1.165, 1.54) is 0 Å². The van der Waals surface area contributed by atoms with Crippen molar-refractivity contribution >= 4 is 24.0 Å². The number of hydrogen-bond acceptors (Lipinski definition) is 2. The summed E-state index contributed by atoms with van der Waals surface area (Å²) in [6.45, 7) is -1.42. The highest BCUT2D eigenvalue weighted by Gasteiger charge is 2.38. The van der Waals surface area contributed by atoms with Gasteiger partial charge >= 0.3 is 0 Å². The first kappa shape index (κ1) is 15.5. The van der Waals surface area contributed by atoms with Gasteiger partial charge in [-0.2, -0.15) is 0 Å². The molecule has 0 amide bonds. The maximum absolute atomic E-state index is 13.0. The summed E-state index contributed by atoms with van der Waals surface area (Å²) in [5.74, 6) is -4.24. The van der Waals surface area contributed by atoms with Crippen LogP contribution in [-0.2, 0) is 0 Å². The Kier molecular flexibility index (Phi) is 5.55. The predicted octanol–water partition coefficient (Wildman–Crippen LogP) is 2.53.